The van der Waals surface area contributed by atoms with E-state index in [1.807, 2.05) is 61.6 Å². The van der Waals surface area contributed by atoms with Gasteiger partial charge < -0.3 is 10.2 Å². The lowest BCUT2D eigenvalue weighted by Crippen LogP contribution is -2.14. The van der Waals surface area contributed by atoms with Crippen LogP contribution in [0.3, 0.4) is 0 Å². The number of ether oxygens (including phenoxy) is 1. The molecule has 0 amide bonds. The molecule has 0 atom stereocenters. The Bertz CT molecular complexity index is 425. The van der Waals surface area contributed by atoms with Gasteiger partial charge in [0.05, 0.1) is 0 Å². The number of hydrogen-bond acceptors (Lipinski definition) is 3. The van der Waals surface area contributed by atoms with Gasteiger partial charge in [0.2, 0.25) is 0 Å². The van der Waals surface area contributed by atoms with Crippen molar-refractivity contribution in [1.82, 2.24) is 5.43 Å². The van der Waals surface area contributed by atoms with Crippen molar-refractivity contribution in [3.8, 4) is 11.5 Å². The van der Waals surface area contributed by atoms with Crippen LogP contribution in [-0.4, -0.2) is 7.05 Å². The van der Waals surface area contributed by atoms with Gasteiger partial charge in [-0.1, -0.05) is 18.2 Å². The Balaban J connectivity index is 2.05. The van der Waals surface area contributed by atoms with Crippen LogP contribution in [0.1, 0.15) is 0 Å². The lowest BCUT2D eigenvalue weighted by atomic mass is 10.3. The third kappa shape index (κ3) is 2.74. The van der Waals surface area contributed by atoms with Gasteiger partial charge in [0, 0.05) is 12.7 Å². The highest BCUT2D eigenvalue weighted by Gasteiger charge is 1.96. The number of para-hydroxylation sites is 1. The molecule has 0 bridgehead atoms. The van der Waals surface area contributed by atoms with Crippen molar-refractivity contribution < 1.29 is 4.74 Å². The second-order valence-corrected chi connectivity index (χ2v) is 3.31. The Hall–Kier alpha value is -2.00. The van der Waals surface area contributed by atoms with Gasteiger partial charge in [-0.2, -0.15) is 0 Å². The standard InChI is InChI=1S/C13H14N2O/c1-14-15-11-7-9-13(10-8-11)16-12-5-3-2-4-6-12/h2-10,14-15H,1H3. The Morgan fingerprint density at radius 2 is 1.44 bits per heavy atom. The van der Waals surface area contributed by atoms with Crippen LogP contribution in [0.25, 0.3) is 0 Å². The zero-order chi connectivity index (χ0) is 11.2. The van der Waals surface area contributed by atoms with E-state index in [0.717, 1.165) is 17.2 Å². The summed E-state index contributed by atoms with van der Waals surface area (Å²) in [5, 5.41) is 0. The summed E-state index contributed by atoms with van der Waals surface area (Å²) in [6, 6.07) is 17.5. The van der Waals surface area contributed by atoms with Crippen LogP contribution in [0.15, 0.2) is 54.6 Å². The summed E-state index contributed by atoms with van der Waals surface area (Å²) in [5.74, 6) is 1.67. The quantitative estimate of drug-likeness (QED) is 0.767. The zero-order valence-electron chi connectivity index (χ0n) is 9.10. The summed E-state index contributed by atoms with van der Waals surface area (Å²) in [6.45, 7) is 0. The first-order valence-electron chi connectivity index (χ1n) is 5.14. The van der Waals surface area contributed by atoms with Gasteiger partial charge in [-0.25, -0.2) is 5.43 Å². The predicted molar refractivity (Wildman–Crippen MR) is 65.6 cm³/mol. The van der Waals surface area contributed by atoms with E-state index in [9.17, 15) is 0 Å². The molecule has 0 radical (unpaired) electrons. The number of hydrazine groups is 1. The Morgan fingerprint density at radius 3 is 2.06 bits per heavy atom. The van der Waals surface area contributed by atoms with E-state index < -0.39 is 0 Å². The Morgan fingerprint density at radius 1 is 0.812 bits per heavy atom. The van der Waals surface area contributed by atoms with Crippen molar-refractivity contribution in [2.75, 3.05) is 12.5 Å². The first-order valence-corrected chi connectivity index (χ1v) is 5.14. The lowest BCUT2D eigenvalue weighted by molar-refractivity contribution is 0.483. The maximum atomic E-state index is 5.66. The summed E-state index contributed by atoms with van der Waals surface area (Å²) in [6.07, 6.45) is 0. The van der Waals surface area contributed by atoms with Crippen molar-refractivity contribution in [1.29, 1.82) is 0 Å². The first-order chi connectivity index (χ1) is 7.88. The summed E-state index contributed by atoms with van der Waals surface area (Å²) in [7, 11) is 1.83. The average molecular weight is 214 g/mol. The van der Waals surface area contributed by atoms with Gasteiger partial charge in [-0.15, -0.1) is 0 Å². The predicted octanol–water partition coefficient (Wildman–Crippen LogP) is 3.03. The fourth-order valence-corrected chi connectivity index (χ4v) is 1.38. The molecule has 16 heavy (non-hydrogen) atoms. The van der Waals surface area contributed by atoms with E-state index in [1.165, 1.54) is 0 Å². The van der Waals surface area contributed by atoms with Crippen molar-refractivity contribution in [2.24, 2.45) is 0 Å². The van der Waals surface area contributed by atoms with Crippen molar-refractivity contribution in [3.63, 3.8) is 0 Å². The highest BCUT2D eigenvalue weighted by molar-refractivity contribution is 5.46. The van der Waals surface area contributed by atoms with Crippen LogP contribution < -0.4 is 15.6 Å². The molecule has 0 heterocycles. The molecule has 2 aromatic rings. The zero-order valence-corrected chi connectivity index (χ0v) is 9.10. The van der Waals surface area contributed by atoms with Crippen LogP contribution in [0.5, 0.6) is 11.5 Å². The molecule has 2 rings (SSSR count). The minimum atomic E-state index is 0.827. The molecular formula is C13H14N2O. The molecule has 2 N–H and O–H groups in total. The molecule has 82 valence electrons. The van der Waals surface area contributed by atoms with Crippen LogP contribution in [0.2, 0.25) is 0 Å². The van der Waals surface area contributed by atoms with E-state index in [4.69, 9.17) is 4.74 Å². The van der Waals surface area contributed by atoms with Gasteiger partial charge in [-0.05, 0) is 36.4 Å². The third-order valence-electron chi connectivity index (χ3n) is 2.10. The van der Waals surface area contributed by atoms with E-state index in [2.05, 4.69) is 10.9 Å². The molecule has 3 heteroatoms. The normalized spacial score (nSPS) is 9.81. The summed E-state index contributed by atoms with van der Waals surface area (Å²) >= 11 is 0. The summed E-state index contributed by atoms with van der Waals surface area (Å²) < 4.78 is 5.66. The van der Waals surface area contributed by atoms with Crippen LogP contribution in [0.4, 0.5) is 5.69 Å². The number of nitrogens with one attached hydrogen (secondary N) is 2. The lowest BCUT2D eigenvalue weighted by Gasteiger charge is -2.07. The van der Waals surface area contributed by atoms with Gasteiger partial charge >= 0.3 is 0 Å². The molecule has 0 spiro atoms. The fourth-order valence-electron chi connectivity index (χ4n) is 1.38. The molecule has 2 aromatic carbocycles. The molecule has 0 aliphatic carbocycles. The average Bonchev–Trinajstić information content (AvgIpc) is 2.33. The van der Waals surface area contributed by atoms with Crippen LogP contribution >= 0.6 is 0 Å². The summed E-state index contributed by atoms with van der Waals surface area (Å²) in [4.78, 5) is 0. The van der Waals surface area contributed by atoms with E-state index in [0.29, 0.717) is 0 Å². The minimum Gasteiger partial charge on any atom is -0.457 e. The molecule has 0 unspecified atom stereocenters. The van der Waals surface area contributed by atoms with Gasteiger partial charge in [-0.3, -0.25) is 0 Å². The number of benzene rings is 2. The first kappa shape index (κ1) is 10.5. The number of rotatable bonds is 4. The van der Waals surface area contributed by atoms with E-state index in [-0.39, 0.29) is 0 Å². The maximum absolute atomic E-state index is 5.66. The molecule has 0 aliphatic heterocycles. The third-order valence-corrected chi connectivity index (χ3v) is 2.10. The largest absolute Gasteiger partial charge is 0.457 e. The second-order valence-electron chi connectivity index (χ2n) is 3.31. The number of anilines is 1. The topological polar surface area (TPSA) is 33.3 Å². The smallest absolute Gasteiger partial charge is 0.127 e. The van der Waals surface area contributed by atoms with Gasteiger partial charge in [0.15, 0.2) is 0 Å². The van der Waals surface area contributed by atoms with Crippen molar-refractivity contribution in [3.05, 3.63) is 54.6 Å². The highest BCUT2D eigenvalue weighted by Crippen LogP contribution is 2.22. The Labute approximate surface area is 95.0 Å². The molecule has 0 saturated carbocycles. The van der Waals surface area contributed by atoms with Crippen molar-refractivity contribution in [2.45, 2.75) is 0 Å². The van der Waals surface area contributed by atoms with Gasteiger partial charge in [0.25, 0.3) is 0 Å². The molecule has 0 aromatic heterocycles. The van der Waals surface area contributed by atoms with Crippen molar-refractivity contribution >= 4 is 5.69 Å². The Kier molecular flexibility index (Phi) is 3.41. The summed E-state index contributed by atoms with van der Waals surface area (Å²) in [5.41, 5.74) is 6.86. The molecule has 3 nitrogen and oxygen atoms in total. The second kappa shape index (κ2) is 5.19. The van der Waals surface area contributed by atoms with E-state index in [1.54, 1.807) is 0 Å². The molecule has 0 saturated heterocycles. The minimum absolute atomic E-state index is 0.827. The SMILES string of the molecule is CNNc1ccc(Oc2ccccc2)cc1. The van der Waals surface area contributed by atoms with Crippen LogP contribution in [0, 0.1) is 0 Å². The van der Waals surface area contributed by atoms with E-state index >= 15 is 0 Å². The highest BCUT2D eigenvalue weighted by atomic mass is 16.5. The van der Waals surface area contributed by atoms with Gasteiger partial charge in [0.1, 0.15) is 11.5 Å². The maximum Gasteiger partial charge on any atom is 0.127 e. The molecule has 0 aliphatic rings. The molecule has 0 fully saturated rings. The number of hydrogen-bond donors (Lipinski definition) is 2. The van der Waals surface area contributed by atoms with Crippen LogP contribution in [-0.2, 0) is 0 Å². The molecular weight excluding hydrogens is 200 g/mol. The monoisotopic (exact) mass is 214 g/mol. The fraction of sp³-hybridized carbons (Fsp3) is 0.0769.